The Morgan fingerprint density at radius 3 is 2.71 bits per heavy atom. The van der Waals surface area contributed by atoms with Crippen molar-refractivity contribution >= 4 is 5.69 Å². The van der Waals surface area contributed by atoms with Crippen LogP contribution in [0.5, 0.6) is 0 Å². The highest BCUT2D eigenvalue weighted by Crippen LogP contribution is 2.42. The minimum atomic E-state index is -0.192. The van der Waals surface area contributed by atoms with Gasteiger partial charge in [-0.2, -0.15) is 0 Å². The third kappa shape index (κ3) is 1.48. The molecule has 3 heteroatoms. The van der Waals surface area contributed by atoms with E-state index in [1.54, 1.807) is 12.1 Å². The van der Waals surface area contributed by atoms with Crippen LogP contribution in [0.3, 0.4) is 0 Å². The van der Waals surface area contributed by atoms with Crippen LogP contribution in [0.4, 0.5) is 10.1 Å². The summed E-state index contributed by atoms with van der Waals surface area (Å²) >= 11 is 0. The van der Waals surface area contributed by atoms with Crippen LogP contribution in [0.1, 0.15) is 12.8 Å². The van der Waals surface area contributed by atoms with Gasteiger partial charge in [0, 0.05) is 19.3 Å². The van der Waals surface area contributed by atoms with E-state index in [0.29, 0.717) is 6.54 Å². The zero-order valence-corrected chi connectivity index (χ0v) is 8.33. The molecule has 14 heavy (non-hydrogen) atoms. The second kappa shape index (κ2) is 3.24. The quantitative estimate of drug-likeness (QED) is 0.794. The molecule has 0 heterocycles. The summed E-state index contributed by atoms with van der Waals surface area (Å²) in [5.41, 5.74) is 6.71. The molecule has 1 aliphatic carbocycles. The molecule has 0 spiro atoms. The van der Waals surface area contributed by atoms with Crippen molar-refractivity contribution in [3.8, 4) is 0 Å². The van der Waals surface area contributed by atoms with Crippen molar-refractivity contribution in [1.82, 2.24) is 0 Å². The first-order valence-corrected chi connectivity index (χ1v) is 4.87. The molecule has 2 nitrogen and oxygen atoms in total. The first kappa shape index (κ1) is 9.46. The Kier molecular flexibility index (Phi) is 2.19. The van der Waals surface area contributed by atoms with Crippen molar-refractivity contribution in [2.24, 2.45) is 5.73 Å². The number of nitrogens with two attached hydrogens (primary N) is 1. The van der Waals surface area contributed by atoms with Gasteiger partial charge in [-0.05, 0) is 31.0 Å². The van der Waals surface area contributed by atoms with E-state index in [2.05, 4.69) is 4.90 Å². The highest BCUT2D eigenvalue weighted by molar-refractivity contribution is 5.50. The van der Waals surface area contributed by atoms with Crippen molar-refractivity contribution in [3.63, 3.8) is 0 Å². The average Bonchev–Trinajstić information content (AvgIpc) is 2.97. The number of halogens is 1. The molecule has 1 aromatic carbocycles. The van der Waals surface area contributed by atoms with Crippen molar-refractivity contribution < 1.29 is 4.39 Å². The molecule has 2 N–H and O–H groups in total. The normalized spacial score (nSPS) is 17.9. The Morgan fingerprint density at radius 2 is 2.21 bits per heavy atom. The van der Waals surface area contributed by atoms with E-state index in [1.165, 1.54) is 6.07 Å². The highest BCUT2D eigenvalue weighted by Gasteiger charge is 2.45. The van der Waals surface area contributed by atoms with Gasteiger partial charge in [-0.3, -0.25) is 0 Å². The average molecular weight is 194 g/mol. The van der Waals surface area contributed by atoms with E-state index >= 15 is 0 Å². The monoisotopic (exact) mass is 194 g/mol. The molecule has 0 saturated heterocycles. The third-order valence-corrected chi connectivity index (χ3v) is 3.11. The standard InChI is InChI=1S/C11H15FN2/c1-14(11(8-13)5-6-11)10-4-2-3-9(12)7-10/h2-4,7H,5-6,8,13H2,1H3. The second-order valence-corrected chi connectivity index (χ2v) is 3.97. The van der Waals surface area contributed by atoms with E-state index in [-0.39, 0.29) is 11.4 Å². The van der Waals surface area contributed by atoms with Gasteiger partial charge in [-0.1, -0.05) is 6.07 Å². The molecule has 0 atom stereocenters. The van der Waals surface area contributed by atoms with Gasteiger partial charge in [0.2, 0.25) is 0 Å². The molecule has 0 unspecified atom stereocenters. The molecular weight excluding hydrogens is 179 g/mol. The highest BCUT2D eigenvalue weighted by atomic mass is 19.1. The molecule has 2 rings (SSSR count). The van der Waals surface area contributed by atoms with E-state index < -0.39 is 0 Å². The fourth-order valence-electron chi connectivity index (χ4n) is 1.78. The number of hydrogen-bond acceptors (Lipinski definition) is 2. The van der Waals surface area contributed by atoms with Crippen LogP contribution in [0.2, 0.25) is 0 Å². The third-order valence-electron chi connectivity index (χ3n) is 3.11. The molecule has 1 fully saturated rings. The molecular formula is C11H15FN2. The predicted octanol–water partition coefficient (Wildman–Crippen LogP) is 1.75. The number of hydrogen-bond donors (Lipinski definition) is 1. The molecule has 0 bridgehead atoms. The van der Waals surface area contributed by atoms with E-state index in [1.807, 2.05) is 13.1 Å². The zero-order chi connectivity index (χ0) is 10.2. The molecule has 0 aliphatic heterocycles. The number of benzene rings is 1. The smallest absolute Gasteiger partial charge is 0.125 e. The maximum absolute atomic E-state index is 13.0. The minimum absolute atomic E-state index is 0.0911. The van der Waals surface area contributed by atoms with Crippen LogP contribution in [-0.4, -0.2) is 19.1 Å². The summed E-state index contributed by atoms with van der Waals surface area (Å²) in [7, 11) is 1.98. The number of nitrogens with zero attached hydrogens (tertiary/aromatic N) is 1. The van der Waals surface area contributed by atoms with Gasteiger partial charge in [0.25, 0.3) is 0 Å². The Labute approximate surface area is 83.5 Å². The summed E-state index contributed by atoms with van der Waals surface area (Å²) < 4.78 is 13.0. The first-order chi connectivity index (χ1) is 6.68. The molecule has 0 radical (unpaired) electrons. The van der Waals surface area contributed by atoms with Crippen LogP contribution in [0.25, 0.3) is 0 Å². The molecule has 0 amide bonds. The maximum atomic E-state index is 13.0. The number of anilines is 1. The summed E-state index contributed by atoms with van der Waals surface area (Å²) in [5.74, 6) is -0.192. The van der Waals surface area contributed by atoms with Crippen molar-refractivity contribution in [3.05, 3.63) is 30.1 Å². The Balaban J connectivity index is 2.23. The van der Waals surface area contributed by atoms with Gasteiger partial charge in [0.15, 0.2) is 0 Å². The van der Waals surface area contributed by atoms with E-state index in [0.717, 1.165) is 18.5 Å². The molecule has 0 aromatic heterocycles. The summed E-state index contributed by atoms with van der Waals surface area (Å²) in [4.78, 5) is 2.09. The lowest BCUT2D eigenvalue weighted by Gasteiger charge is -2.29. The second-order valence-electron chi connectivity index (χ2n) is 3.97. The first-order valence-electron chi connectivity index (χ1n) is 4.87. The number of likely N-dealkylation sites (N-methyl/N-ethyl adjacent to an activating group) is 1. The van der Waals surface area contributed by atoms with Gasteiger partial charge in [0.05, 0.1) is 5.54 Å². The summed E-state index contributed by atoms with van der Waals surface area (Å²) in [6, 6.07) is 6.65. The topological polar surface area (TPSA) is 29.3 Å². The molecule has 1 aliphatic rings. The van der Waals surface area contributed by atoms with Crippen molar-refractivity contribution in [2.45, 2.75) is 18.4 Å². The van der Waals surface area contributed by atoms with Crippen molar-refractivity contribution in [2.75, 3.05) is 18.5 Å². The Hall–Kier alpha value is -1.09. The lowest BCUT2D eigenvalue weighted by atomic mass is 10.2. The predicted molar refractivity (Wildman–Crippen MR) is 55.8 cm³/mol. The SMILES string of the molecule is CN(c1cccc(F)c1)C1(CN)CC1. The van der Waals surface area contributed by atoms with E-state index in [4.69, 9.17) is 5.73 Å². The molecule has 1 saturated carbocycles. The summed E-state index contributed by atoms with van der Waals surface area (Å²) in [6.07, 6.45) is 2.22. The summed E-state index contributed by atoms with van der Waals surface area (Å²) in [5, 5.41) is 0. The maximum Gasteiger partial charge on any atom is 0.125 e. The van der Waals surface area contributed by atoms with E-state index in [9.17, 15) is 4.39 Å². The minimum Gasteiger partial charge on any atom is -0.368 e. The van der Waals surface area contributed by atoms with Gasteiger partial charge in [0.1, 0.15) is 5.82 Å². The summed E-state index contributed by atoms with van der Waals surface area (Å²) in [6.45, 7) is 0.639. The Morgan fingerprint density at radius 1 is 1.50 bits per heavy atom. The van der Waals surface area contributed by atoms with Crippen LogP contribution in [0.15, 0.2) is 24.3 Å². The fourth-order valence-corrected chi connectivity index (χ4v) is 1.78. The van der Waals surface area contributed by atoms with Crippen LogP contribution < -0.4 is 10.6 Å². The van der Waals surface area contributed by atoms with Gasteiger partial charge >= 0.3 is 0 Å². The fraction of sp³-hybridized carbons (Fsp3) is 0.455. The number of rotatable bonds is 3. The lowest BCUT2D eigenvalue weighted by molar-refractivity contribution is 0.615. The van der Waals surface area contributed by atoms with Gasteiger partial charge in [-0.15, -0.1) is 0 Å². The van der Waals surface area contributed by atoms with Crippen LogP contribution >= 0.6 is 0 Å². The lowest BCUT2D eigenvalue weighted by Crippen LogP contribution is -2.40. The molecule has 76 valence electrons. The largest absolute Gasteiger partial charge is 0.368 e. The van der Waals surface area contributed by atoms with Gasteiger partial charge in [-0.25, -0.2) is 4.39 Å². The molecule has 1 aromatic rings. The van der Waals surface area contributed by atoms with Crippen molar-refractivity contribution in [1.29, 1.82) is 0 Å². The Bertz CT molecular complexity index is 334. The zero-order valence-electron chi connectivity index (χ0n) is 8.33. The van der Waals surface area contributed by atoms with Crippen LogP contribution in [0, 0.1) is 5.82 Å². The van der Waals surface area contributed by atoms with Crippen LogP contribution in [-0.2, 0) is 0 Å². The van der Waals surface area contributed by atoms with Gasteiger partial charge < -0.3 is 10.6 Å².